The van der Waals surface area contributed by atoms with Crippen molar-refractivity contribution in [2.45, 2.75) is 37.0 Å². The highest BCUT2D eigenvalue weighted by Crippen LogP contribution is 2.38. The Morgan fingerprint density at radius 3 is 2.76 bits per heavy atom. The van der Waals surface area contributed by atoms with E-state index < -0.39 is 27.7 Å². The zero-order valence-corrected chi connectivity index (χ0v) is 14.8. The van der Waals surface area contributed by atoms with Crippen LogP contribution in [0.3, 0.4) is 0 Å². The predicted octanol–water partition coefficient (Wildman–Crippen LogP) is 4.37. The van der Waals surface area contributed by atoms with Crippen LogP contribution in [0.1, 0.15) is 24.6 Å². The number of sulfonamides is 1. The van der Waals surface area contributed by atoms with Crippen molar-refractivity contribution in [1.29, 1.82) is 0 Å². The van der Waals surface area contributed by atoms with Gasteiger partial charge in [-0.2, -0.15) is 0 Å². The molecule has 1 aromatic heterocycles. The number of anilines is 1. The Morgan fingerprint density at radius 1 is 1.36 bits per heavy atom. The van der Waals surface area contributed by atoms with Gasteiger partial charge in [0, 0.05) is 22.8 Å². The van der Waals surface area contributed by atoms with Crippen LogP contribution in [0.15, 0.2) is 29.3 Å². The molecule has 0 fully saturated rings. The topological polar surface area (TPSA) is 62.0 Å². The van der Waals surface area contributed by atoms with Crippen LogP contribution in [0.2, 0.25) is 5.02 Å². The summed E-state index contributed by atoms with van der Waals surface area (Å²) in [4.78, 5) is 2.72. The second kappa shape index (κ2) is 6.25. The van der Waals surface area contributed by atoms with E-state index in [1.165, 1.54) is 18.3 Å². The van der Waals surface area contributed by atoms with Crippen molar-refractivity contribution < 1.29 is 21.6 Å². The van der Waals surface area contributed by atoms with E-state index in [4.69, 9.17) is 11.6 Å². The van der Waals surface area contributed by atoms with Crippen molar-refractivity contribution in [3.8, 4) is 0 Å². The molecule has 1 unspecified atom stereocenters. The summed E-state index contributed by atoms with van der Waals surface area (Å²) in [6, 6.07) is 3.53. The summed E-state index contributed by atoms with van der Waals surface area (Å²) in [5.41, 5.74) is 0.677. The summed E-state index contributed by atoms with van der Waals surface area (Å²) < 4.78 is 68.2. The molecule has 0 saturated heterocycles. The number of fused-ring (bicyclic) bond motifs is 1. The number of hydrogen-bond donors (Lipinski definition) is 2. The SMILES string of the molecule is CC(F)(F)C1CCc2c(S(=O)(=O)Nc3cc(Cl)ccc3F)c[nH]c2C1. The first-order valence-electron chi connectivity index (χ1n) is 7.63. The smallest absolute Gasteiger partial charge is 0.263 e. The molecule has 0 bridgehead atoms. The van der Waals surface area contributed by atoms with Crippen LogP contribution in [-0.2, 0) is 22.9 Å². The van der Waals surface area contributed by atoms with Crippen molar-refractivity contribution in [2.75, 3.05) is 4.72 Å². The monoisotopic (exact) mass is 392 g/mol. The Kier molecular flexibility index (Phi) is 4.53. The molecule has 4 nitrogen and oxygen atoms in total. The maximum atomic E-state index is 13.8. The highest BCUT2D eigenvalue weighted by atomic mass is 35.5. The number of aromatic amines is 1. The molecular formula is C16H16ClF3N2O2S. The minimum atomic E-state index is -4.07. The molecule has 2 aromatic rings. The quantitative estimate of drug-likeness (QED) is 0.811. The van der Waals surface area contributed by atoms with Crippen LogP contribution in [0.25, 0.3) is 0 Å². The molecule has 1 heterocycles. The average Bonchev–Trinajstić information content (AvgIpc) is 2.93. The lowest BCUT2D eigenvalue weighted by Gasteiger charge is -2.27. The first-order valence-corrected chi connectivity index (χ1v) is 9.49. The van der Waals surface area contributed by atoms with Gasteiger partial charge in [-0.05, 0) is 49.9 Å². The number of aromatic nitrogens is 1. The molecule has 1 aliphatic carbocycles. The molecule has 1 atom stereocenters. The fraction of sp³-hybridized carbons (Fsp3) is 0.375. The fourth-order valence-electron chi connectivity index (χ4n) is 3.05. The van der Waals surface area contributed by atoms with Crippen LogP contribution in [0.4, 0.5) is 18.9 Å². The number of H-pyrrole nitrogens is 1. The fourth-order valence-corrected chi connectivity index (χ4v) is 4.54. The zero-order chi connectivity index (χ0) is 18.4. The van der Waals surface area contributed by atoms with Crippen LogP contribution in [0.5, 0.6) is 0 Å². The molecular weight excluding hydrogens is 377 g/mol. The zero-order valence-electron chi connectivity index (χ0n) is 13.2. The number of hydrogen-bond acceptors (Lipinski definition) is 2. The van der Waals surface area contributed by atoms with Gasteiger partial charge >= 0.3 is 0 Å². The van der Waals surface area contributed by atoms with Gasteiger partial charge in [0.15, 0.2) is 0 Å². The molecule has 0 saturated carbocycles. The molecule has 9 heteroatoms. The van der Waals surface area contributed by atoms with Gasteiger partial charge in [-0.3, -0.25) is 4.72 Å². The third-order valence-electron chi connectivity index (χ3n) is 4.41. The highest BCUT2D eigenvalue weighted by molar-refractivity contribution is 7.92. The number of rotatable bonds is 4. The van der Waals surface area contributed by atoms with Crippen molar-refractivity contribution >= 4 is 27.3 Å². The number of nitrogens with one attached hydrogen (secondary N) is 2. The summed E-state index contributed by atoms with van der Waals surface area (Å²) in [5, 5.41) is 0.184. The minimum absolute atomic E-state index is 0.0558. The van der Waals surface area contributed by atoms with Gasteiger partial charge in [0.1, 0.15) is 10.7 Å². The summed E-state index contributed by atoms with van der Waals surface area (Å²) in [5.74, 6) is -4.43. The van der Waals surface area contributed by atoms with Crippen LogP contribution in [-0.4, -0.2) is 19.3 Å². The van der Waals surface area contributed by atoms with E-state index >= 15 is 0 Å². The van der Waals surface area contributed by atoms with E-state index in [-0.39, 0.29) is 34.9 Å². The Balaban J connectivity index is 1.90. The van der Waals surface area contributed by atoms with Crippen molar-refractivity contribution in [3.63, 3.8) is 0 Å². The second-order valence-electron chi connectivity index (χ2n) is 6.24. The summed E-state index contributed by atoms with van der Waals surface area (Å²) in [6.45, 7) is 0.868. The molecule has 136 valence electrons. The normalized spacial score (nSPS) is 18.0. The second-order valence-corrected chi connectivity index (χ2v) is 8.32. The maximum Gasteiger partial charge on any atom is 0.263 e. The lowest BCUT2D eigenvalue weighted by molar-refractivity contribution is -0.0448. The molecule has 3 rings (SSSR count). The molecule has 2 N–H and O–H groups in total. The number of benzene rings is 1. The number of halogens is 4. The van der Waals surface area contributed by atoms with E-state index in [0.717, 1.165) is 13.0 Å². The minimum Gasteiger partial charge on any atom is -0.363 e. The van der Waals surface area contributed by atoms with Crippen molar-refractivity contribution in [2.24, 2.45) is 5.92 Å². The number of alkyl halides is 2. The van der Waals surface area contributed by atoms with E-state index in [9.17, 15) is 21.6 Å². The van der Waals surface area contributed by atoms with Gasteiger partial charge in [0.05, 0.1) is 5.69 Å². The van der Waals surface area contributed by atoms with Gasteiger partial charge in [0.25, 0.3) is 10.0 Å². The largest absolute Gasteiger partial charge is 0.363 e. The third-order valence-corrected chi connectivity index (χ3v) is 6.08. The summed E-state index contributed by atoms with van der Waals surface area (Å²) >= 11 is 5.77. The third kappa shape index (κ3) is 3.64. The van der Waals surface area contributed by atoms with Gasteiger partial charge < -0.3 is 4.98 Å². The van der Waals surface area contributed by atoms with Crippen molar-refractivity contribution in [1.82, 2.24) is 4.98 Å². The highest BCUT2D eigenvalue weighted by Gasteiger charge is 2.38. The van der Waals surface area contributed by atoms with Crippen LogP contribution in [0, 0.1) is 11.7 Å². The Hall–Kier alpha value is -1.67. The first kappa shape index (κ1) is 18.1. The average molecular weight is 393 g/mol. The molecule has 0 aliphatic heterocycles. The Bertz CT molecular complexity index is 907. The Morgan fingerprint density at radius 2 is 2.08 bits per heavy atom. The Labute approximate surface area is 148 Å². The lowest BCUT2D eigenvalue weighted by atomic mass is 9.84. The van der Waals surface area contributed by atoms with Gasteiger partial charge in [-0.25, -0.2) is 21.6 Å². The van der Waals surface area contributed by atoms with E-state index in [0.29, 0.717) is 11.3 Å². The molecule has 0 radical (unpaired) electrons. The predicted molar refractivity (Wildman–Crippen MR) is 89.1 cm³/mol. The van der Waals surface area contributed by atoms with Gasteiger partial charge in [-0.1, -0.05) is 11.6 Å². The molecule has 1 aromatic carbocycles. The van der Waals surface area contributed by atoms with Gasteiger partial charge in [-0.15, -0.1) is 0 Å². The van der Waals surface area contributed by atoms with Crippen LogP contribution >= 0.6 is 11.6 Å². The molecule has 0 spiro atoms. The maximum absolute atomic E-state index is 13.8. The first-order chi connectivity index (χ1) is 11.6. The molecule has 1 aliphatic rings. The molecule has 25 heavy (non-hydrogen) atoms. The van der Waals surface area contributed by atoms with E-state index in [2.05, 4.69) is 9.71 Å². The van der Waals surface area contributed by atoms with E-state index in [1.54, 1.807) is 0 Å². The molecule has 0 amide bonds. The van der Waals surface area contributed by atoms with Crippen LogP contribution < -0.4 is 4.72 Å². The standard InChI is InChI=1S/C16H16ClF3N2O2S/c1-16(19,20)9-2-4-11-13(6-9)21-8-15(11)25(23,24)22-14-7-10(17)3-5-12(14)18/h3,5,7-9,21-22H,2,4,6H2,1H3. The van der Waals surface area contributed by atoms with Gasteiger partial charge in [0.2, 0.25) is 5.92 Å². The van der Waals surface area contributed by atoms with Crippen molar-refractivity contribution in [3.05, 3.63) is 46.5 Å². The summed E-state index contributed by atoms with van der Waals surface area (Å²) in [7, 11) is -4.07. The van der Waals surface area contributed by atoms with E-state index in [1.807, 2.05) is 0 Å². The summed E-state index contributed by atoms with van der Waals surface area (Å²) in [6.07, 6.45) is 1.72. The lowest BCUT2D eigenvalue weighted by Crippen LogP contribution is -2.30.